The fraction of sp³-hybridized carbons (Fsp3) is 0. The van der Waals surface area contributed by atoms with Crippen molar-refractivity contribution in [3.05, 3.63) is 43.0 Å². The summed E-state index contributed by atoms with van der Waals surface area (Å²) in [6, 6.07) is 7.87. The van der Waals surface area contributed by atoms with Gasteiger partial charge in [0.05, 0.1) is 0 Å². The lowest BCUT2D eigenvalue weighted by atomic mass is 10.3. The molecule has 1 aromatic rings. The van der Waals surface area contributed by atoms with Crippen LogP contribution in [0.3, 0.4) is 0 Å². The predicted molar refractivity (Wildman–Crippen MR) is 53.2 cm³/mol. The van der Waals surface area contributed by atoms with Gasteiger partial charge in [-0.05, 0) is 12.1 Å². The molecule has 0 radical (unpaired) electrons. The van der Waals surface area contributed by atoms with Crippen LogP contribution in [0.5, 0.6) is 5.75 Å². The van der Waals surface area contributed by atoms with Crippen molar-refractivity contribution < 1.29 is 23.3 Å². The summed E-state index contributed by atoms with van der Waals surface area (Å²) in [5.41, 5.74) is 0. The maximum Gasteiger partial charge on any atom is 0.587 e. The van der Waals surface area contributed by atoms with Crippen LogP contribution in [-0.2, 0) is 13.9 Å². The molecule has 80 valence electrons. The van der Waals surface area contributed by atoms with E-state index < -0.39 is 13.8 Å². The zero-order chi connectivity index (χ0) is 11.3. The Labute approximate surface area is 86.6 Å². The normalized spacial score (nSPS) is 13.7. The van der Waals surface area contributed by atoms with E-state index in [9.17, 15) is 9.36 Å². The minimum absolute atomic E-state index is 0.139. The zero-order valence-electron chi connectivity index (χ0n) is 7.70. The summed E-state index contributed by atoms with van der Waals surface area (Å²) < 4.78 is 19.9. The van der Waals surface area contributed by atoms with Gasteiger partial charge in [0.25, 0.3) is 0 Å². The molecule has 1 rings (SSSR count). The van der Waals surface area contributed by atoms with Crippen LogP contribution in [0.15, 0.2) is 43.0 Å². The minimum atomic E-state index is -4.41. The van der Waals surface area contributed by atoms with Crippen molar-refractivity contribution in [3.63, 3.8) is 0 Å². The number of para-hydroxylation sites is 1. The average Bonchev–Trinajstić information content (AvgIpc) is 2.17. The topological polar surface area (TPSA) is 72.8 Å². The van der Waals surface area contributed by atoms with Gasteiger partial charge in [-0.1, -0.05) is 24.8 Å². The van der Waals surface area contributed by atoms with Crippen molar-refractivity contribution in [2.75, 3.05) is 0 Å². The summed E-state index contributed by atoms with van der Waals surface area (Å²) in [5, 5.41) is 0. The maximum absolute atomic E-state index is 11.2. The van der Waals surface area contributed by atoms with Crippen molar-refractivity contribution in [1.82, 2.24) is 0 Å². The molecule has 0 bridgehead atoms. The van der Waals surface area contributed by atoms with Crippen LogP contribution in [0, 0.1) is 0 Å². The molecule has 1 unspecified atom stereocenters. The van der Waals surface area contributed by atoms with Gasteiger partial charge in [-0.15, -0.1) is 0 Å². The highest BCUT2D eigenvalue weighted by molar-refractivity contribution is 7.48. The molecule has 0 aromatic heterocycles. The van der Waals surface area contributed by atoms with Crippen LogP contribution < -0.4 is 4.52 Å². The molecule has 1 N–H and O–H groups in total. The molecule has 1 aromatic carbocycles. The monoisotopic (exact) mass is 228 g/mol. The van der Waals surface area contributed by atoms with Gasteiger partial charge in [0.2, 0.25) is 0 Å². The van der Waals surface area contributed by atoms with Crippen LogP contribution in [0.1, 0.15) is 0 Å². The molecular formula is C9H9O5P. The molecule has 0 saturated carbocycles. The van der Waals surface area contributed by atoms with Crippen molar-refractivity contribution in [2.24, 2.45) is 0 Å². The van der Waals surface area contributed by atoms with Crippen molar-refractivity contribution >= 4 is 13.8 Å². The molecule has 0 saturated heterocycles. The molecule has 0 aliphatic carbocycles. The largest absolute Gasteiger partial charge is 0.587 e. The first-order chi connectivity index (χ1) is 7.03. The third-order valence-electron chi connectivity index (χ3n) is 1.34. The van der Waals surface area contributed by atoms with Crippen LogP contribution >= 0.6 is 7.82 Å². The lowest BCUT2D eigenvalue weighted by Gasteiger charge is -2.10. The van der Waals surface area contributed by atoms with Gasteiger partial charge in [0.1, 0.15) is 5.75 Å². The number of rotatable bonds is 4. The second-order valence-corrected chi connectivity index (χ2v) is 3.79. The van der Waals surface area contributed by atoms with Crippen LogP contribution in [0.25, 0.3) is 0 Å². The molecule has 6 heteroatoms. The number of carbonyl (C=O) groups is 1. The fourth-order valence-corrected chi connectivity index (χ4v) is 1.51. The second kappa shape index (κ2) is 4.77. The smallest absolute Gasteiger partial charge is 0.395 e. The molecule has 15 heavy (non-hydrogen) atoms. The molecule has 0 spiro atoms. The third kappa shape index (κ3) is 3.97. The number of hydrogen-bond donors (Lipinski definition) is 1. The SMILES string of the molecule is C=CC(=O)OP(=O)(O)Oc1ccccc1. The zero-order valence-corrected chi connectivity index (χ0v) is 8.59. The Morgan fingerprint density at radius 2 is 2.00 bits per heavy atom. The van der Waals surface area contributed by atoms with Gasteiger partial charge < -0.3 is 9.05 Å². The second-order valence-electron chi connectivity index (χ2n) is 2.49. The summed E-state index contributed by atoms with van der Waals surface area (Å²) in [6.07, 6.45) is 0.775. The highest BCUT2D eigenvalue weighted by Gasteiger charge is 2.26. The lowest BCUT2D eigenvalue weighted by molar-refractivity contribution is -0.130. The molecule has 5 nitrogen and oxygen atoms in total. The van der Waals surface area contributed by atoms with Gasteiger partial charge in [0.15, 0.2) is 0 Å². The van der Waals surface area contributed by atoms with E-state index >= 15 is 0 Å². The van der Waals surface area contributed by atoms with Gasteiger partial charge in [-0.3, -0.25) is 4.89 Å². The fourth-order valence-electron chi connectivity index (χ4n) is 0.784. The number of phosphoric acid groups is 1. The highest BCUT2D eigenvalue weighted by Crippen LogP contribution is 2.43. The van der Waals surface area contributed by atoms with Crippen LogP contribution in [0.4, 0.5) is 0 Å². The van der Waals surface area contributed by atoms with E-state index in [0.29, 0.717) is 0 Å². The van der Waals surface area contributed by atoms with Crippen LogP contribution in [0.2, 0.25) is 0 Å². The molecule has 0 fully saturated rings. The Balaban J connectivity index is 2.69. The maximum atomic E-state index is 11.2. The van der Waals surface area contributed by atoms with E-state index in [1.165, 1.54) is 12.1 Å². The Morgan fingerprint density at radius 3 is 2.53 bits per heavy atom. The Hall–Kier alpha value is -1.58. The number of hydrogen-bond acceptors (Lipinski definition) is 4. The Bertz CT molecular complexity index is 400. The molecule has 0 amide bonds. The van der Waals surface area contributed by atoms with Gasteiger partial charge >= 0.3 is 13.8 Å². The Kier molecular flexibility index (Phi) is 3.66. The van der Waals surface area contributed by atoms with Crippen molar-refractivity contribution in [2.45, 2.75) is 0 Å². The Morgan fingerprint density at radius 1 is 1.40 bits per heavy atom. The summed E-state index contributed by atoms with van der Waals surface area (Å²) >= 11 is 0. The van der Waals surface area contributed by atoms with Gasteiger partial charge in [-0.25, -0.2) is 9.36 Å². The lowest BCUT2D eigenvalue weighted by Crippen LogP contribution is -2.02. The van der Waals surface area contributed by atoms with Gasteiger partial charge in [-0.2, -0.15) is 0 Å². The minimum Gasteiger partial charge on any atom is -0.395 e. The molecule has 0 aliphatic heterocycles. The first-order valence-corrected chi connectivity index (χ1v) is 5.46. The average molecular weight is 228 g/mol. The highest BCUT2D eigenvalue weighted by atomic mass is 31.2. The van der Waals surface area contributed by atoms with E-state index in [-0.39, 0.29) is 5.75 Å². The summed E-state index contributed by atoms with van der Waals surface area (Å²) in [5.74, 6) is -0.878. The molecular weight excluding hydrogens is 219 g/mol. The quantitative estimate of drug-likeness (QED) is 0.629. The first kappa shape index (κ1) is 11.5. The molecule has 0 aliphatic rings. The summed E-state index contributed by atoms with van der Waals surface area (Å²) in [6.45, 7) is 3.09. The van der Waals surface area contributed by atoms with E-state index in [4.69, 9.17) is 4.89 Å². The molecule has 1 atom stereocenters. The standard InChI is InChI=1S/C9H9O5P/c1-2-9(10)14-15(11,12)13-8-6-4-3-5-7-8/h2-7H,1H2,(H,11,12). The molecule has 0 heterocycles. The van der Waals surface area contributed by atoms with Crippen molar-refractivity contribution in [3.8, 4) is 5.75 Å². The number of carbonyl (C=O) groups excluding carboxylic acids is 1. The van der Waals surface area contributed by atoms with E-state index in [2.05, 4.69) is 15.6 Å². The number of phosphoric ester groups is 1. The van der Waals surface area contributed by atoms with E-state index in [0.717, 1.165) is 6.08 Å². The summed E-state index contributed by atoms with van der Waals surface area (Å²) in [7, 11) is -4.41. The predicted octanol–water partition coefficient (Wildman–Crippen LogP) is 1.89. The number of benzene rings is 1. The van der Waals surface area contributed by atoms with Crippen LogP contribution in [-0.4, -0.2) is 10.9 Å². The van der Waals surface area contributed by atoms with E-state index in [1.54, 1.807) is 18.2 Å². The first-order valence-electron chi connectivity index (χ1n) is 3.97. The summed E-state index contributed by atoms with van der Waals surface area (Å²) in [4.78, 5) is 19.8. The van der Waals surface area contributed by atoms with Crippen molar-refractivity contribution in [1.29, 1.82) is 0 Å². The van der Waals surface area contributed by atoms with Gasteiger partial charge in [0, 0.05) is 6.08 Å². The third-order valence-corrected chi connectivity index (χ3v) is 2.19. The van der Waals surface area contributed by atoms with E-state index in [1.807, 2.05) is 0 Å².